The van der Waals surface area contributed by atoms with Crippen molar-refractivity contribution in [2.45, 2.75) is 70.8 Å². The number of nitrogens with one attached hydrogen (secondary N) is 2. The van der Waals surface area contributed by atoms with Crippen LogP contribution in [0.1, 0.15) is 71.1 Å². The van der Waals surface area contributed by atoms with Gasteiger partial charge in [-0.25, -0.2) is 4.98 Å². The maximum Gasteiger partial charge on any atom is 0.314 e. The number of hydrogen-bond acceptors (Lipinski definition) is 5. The Morgan fingerprint density at radius 3 is 2.38 bits per heavy atom. The quantitative estimate of drug-likeness (QED) is 0.431. The van der Waals surface area contributed by atoms with E-state index in [4.69, 9.17) is 4.98 Å². The summed E-state index contributed by atoms with van der Waals surface area (Å²) in [5, 5.41) is 16.4. The zero-order valence-corrected chi connectivity index (χ0v) is 19.6. The molecular weight excluding hydrogens is 400 g/mol. The molecule has 2 aromatic rings. The van der Waals surface area contributed by atoms with Crippen LogP contribution in [0.2, 0.25) is 0 Å². The van der Waals surface area contributed by atoms with E-state index in [0.717, 1.165) is 29.2 Å². The Labute approximate surface area is 190 Å². The number of allylic oxidation sites excluding steroid dienone is 4. The Bertz CT molecular complexity index is 999. The van der Waals surface area contributed by atoms with Crippen molar-refractivity contribution in [2.75, 3.05) is 10.6 Å². The lowest BCUT2D eigenvalue weighted by molar-refractivity contribution is -0.147. The smallest absolute Gasteiger partial charge is 0.314 e. The molecule has 1 saturated carbocycles. The van der Waals surface area contributed by atoms with Gasteiger partial charge in [0.05, 0.1) is 11.1 Å². The molecule has 0 radical (unpaired) electrons. The second-order valence-corrected chi connectivity index (χ2v) is 9.52. The average Bonchev–Trinajstić information content (AvgIpc) is 2.66. The third-order valence-corrected chi connectivity index (χ3v) is 5.73. The van der Waals surface area contributed by atoms with Gasteiger partial charge in [-0.3, -0.25) is 4.79 Å². The number of benzene rings is 1. The SMILES string of the molecule is CC=CC=CC(C)c1cc(NC(C)(C)C)nc(Nc2ccc(C3(C(=O)O)CCC3)cc2)n1. The molecule has 0 aliphatic heterocycles. The molecule has 0 saturated heterocycles. The lowest BCUT2D eigenvalue weighted by Gasteiger charge is -2.38. The maximum atomic E-state index is 11.8. The van der Waals surface area contributed by atoms with Gasteiger partial charge < -0.3 is 15.7 Å². The maximum absolute atomic E-state index is 11.8. The van der Waals surface area contributed by atoms with Crippen LogP contribution in [0, 0.1) is 0 Å². The summed E-state index contributed by atoms with van der Waals surface area (Å²) in [7, 11) is 0. The van der Waals surface area contributed by atoms with Crippen molar-refractivity contribution in [3.8, 4) is 0 Å². The van der Waals surface area contributed by atoms with Gasteiger partial charge in [-0.2, -0.15) is 4.98 Å². The third kappa shape index (κ3) is 5.55. The van der Waals surface area contributed by atoms with Gasteiger partial charge in [0.2, 0.25) is 5.95 Å². The molecule has 1 aromatic carbocycles. The molecule has 1 atom stereocenters. The molecule has 6 heteroatoms. The fourth-order valence-corrected chi connectivity index (χ4v) is 3.80. The average molecular weight is 435 g/mol. The number of aromatic nitrogens is 2. The molecule has 1 heterocycles. The van der Waals surface area contributed by atoms with Gasteiger partial charge in [-0.15, -0.1) is 0 Å². The summed E-state index contributed by atoms with van der Waals surface area (Å²) in [6.45, 7) is 10.4. The van der Waals surface area contributed by atoms with Crippen LogP contribution in [0.5, 0.6) is 0 Å². The highest BCUT2D eigenvalue weighted by atomic mass is 16.4. The lowest BCUT2D eigenvalue weighted by atomic mass is 9.64. The molecule has 1 aliphatic rings. The zero-order valence-electron chi connectivity index (χ0n) is 19.6. The van der Waals surface area contributed by atoms with Crippen molar-refractivity contribution < 1.29 is 9.90 Å². The van der Waals surface area contributed by atoms with Crippen molar-refractivity contribution in [1.29, 1.82) is 0 Å². The summed E-state index contributed by atoms with van der Waals surface area (Å²) >= 11 is 0. The van der Waals surface area contributed by atoms with Crippen LogP contribution >= 0.6 is 0 Å². The summed E-state index contributed by atoms with van der Waals surface area (Å²) in [5.41, 5.74) is 1.72. The lowest BCUT2D eigenvalue weighted by Crippen LogP contribution is -2.42. The number of rotatable bonds is 8. The van der Waals surface area contributed by atoms with Gasteiger partial charge in [0, 0.05) is 23.2 Å². The molecule has 1 unspecified atom stereocenters. The summed E-state index contributed by atoms with van der Waals surface area (Å²) in [6.07, 6.45) is 10.5. The van der Waals surface area contributed by atoms with E-state index in [9.17, 15) is 9.90 Å². The number of aliphatic carboxylic acids is 1. The molecule has 170 valence electrons. The minimum atomic E-state index is -0.738. The van der Waals surface area contributed by atoms with E-state index in [2.05, 4.69) is 49.4 Å². The largest absolute Gasteiger partial charge is 0.481 e. The monoisotopic (exact) mass is 434 g/mol. The Balaban J connectivity index is 1.86. The molecule has 1 aliphatic carbocycles. The van der Waals surface area contributed by atoms with Gasteiger partial charge >= 0.3 is 5.97 Å². The van der Waals surface area contributed by atoms with Crippen LogP contribution in [0.15, 0.2) is 54.6 Å². The summed E-state index contributed by atoms with van der Waals surface area (Å²) in [4.78, 5) is 21.2. The first-order chi connectivity index (χ1) is 15.1. The highest BCUT2D eigenvalue weighted by Crippen LogP contribution is 2.44. The summed E-state index contributed by atoms with van der Waals surface area (Å²) in [5.74, 6) is 0.641. The minimum Gasteiger partial charge on any atom is -0.481 e. The molecule has 3 rings (SSSR count). The van der Waals surface area contributed by atoms with Crippen LogP contribution in [0.4, 0.5) is 17.5 Å². The van der Waals surface area contributed by atoms with Gasteiger partial charge in [0.25, 0.3) is 0 Å². The van der Waals surface area contributed by atoms with Crippen LogP contribution in [-0.4, -0.2) is 26.6 Å². The normalized spacial score (nSPS) is 16.7. The van der Waals surface area contributed by atoms with Crippen molar-refractivity contribution in [3.63, 3.8) is 0 Å². The topological polar surface area (TPSA) is 87.1 Å². The van der Waals surface area contributed by atoms with E-state index in [1.165, 1.54) is 0 Å². The first-order valence-corrected chi connectivity index (χ1v) is 11.2. The van der Waals surface area contributed by atoms with E-state index in [1.54, 1.807) is 0 Å². The fraction of sp³-hybridized carbons (Fsp3) is 0.423. The number of carboxylic acid groups (broad SMARTS) is 1. The Morgan fingerprint density at radius 1 is 1.16 bits per heavy atom. The van der Waals surface area contributed by atoms with Gasteiger partial charge in [0.15, 0.2) is 0 Å². The number of carboxylic acids is 1. The number of nitrogens with zero attached hydrogens (tertiary/aromatic N) is 2. The van der Waals surface area contributed by atoms with E-state index >= 15 is 0 Å². The molecule has 1 aromatic heterocycles. The molecular formula is C26H34N4O2. The molecule has 0 amide bonds. The molecule has 0 spiro atoms. The molecule has 1 fully saturated rings. The van der Waals surface area contributed by atoms with Crippen LogP contribution in [0.25, 0.3) is 0 Å². The minimum absolute atomic E-state index is 0.117. The van der Waals surface area contributed by atoms with Crippen molar-refractivity contribution in [1.82, 2.24) is 9.97 Å². The predicted octanol–water partition coefficient (Wildman–Crippen LogP) is 6.17. The third-order valence-electron chi connectivity index (χ3n) is 5.73. The molecule has 6 nitrogen and oxygen atoms in total. The molecule has 32 heavy (non-hydrogen) atoms. The second-order valence-electron chi connectivity index (χ2n) is 9.52. The number of hydrogen-bond donors (Lipinski definition) is 3. The first kappa shape index (κ1) is 23.5. The highest BCUT2D eigenvalue weighted by molar-refractivity contribution is 5.82. The Morgan fingerprint density at radius 2 is 1.84 bits per heavy atom. The standard InChI is InChI=1S/C26H34N4O2/c1-6-7-8-10-18(2)21-17-22(30-25(3,4)5)29-24(28-21)27-20-13-11-19(12-14-20)26(23(31)32)15-9-16-26/h6-8,10-14,17-18H,9,15-16H2,1-5H3,(H,31,32)(H2,27,28,29,30). The fourth-order valence-electron chi connectivity index (χ4n) is 3.80. The van der Waals surface area contributed by atoms with E-state index in [1.807, 2.05) is 55.5 Å². The molecule has 0 bridgehead atoms. The van der Waals surface area contributed by atoms with Crippen molar-refractivity contribution >= 4 is 23.4 Å². The second kappa shape index (κ2) is 9.55. The van der Waals surface area contributed by atoms with Crippen LogP contribution < -0.4 is 10.6 Å². The van der Waals surface area contributed by atoms with Crippen molar-refractivity contribution in [3.05, 3.63) is 65.9 Å². The zero-order chi connectivity index (χ0) is 23.4. The van der Waals surface area contributed by atoms with Gasteiger partial charge in [-0.1, -0.05) is 49.8 Å². The Hall–Kier alpha value is -3.15. The number of anilines is 3. The van der Waals surface area contributed by atoms with E-state index in [0.29, 0.717) is 18.8 Å². The van der Waals surface area contributed by atoms with Gasteiger partial charge in [-0.05, 0) is 58.2 Å². The highest BCUT2D eigenvalue weighted by Gasteiger charge is 2.45. The molecule has 3 N–H and O–H groups in total. The summed E-state index contributed by atoms with van der Waals surface area (Å²) in [6, 6.07) is 9.59. The van der Waals surface area contributed by atoms with E-state index in [-0.39, 0.29) is 11.5 Å². The van der Waals surface area contributed by atoms with Crippen LogP contribution in [0.3, 0.4) is 0 Å². The van der Waals surface area contributed by atoms with Crippen LogP contribution in [-0.2, 0) is 10.2 Å². The van der Waals surface area contributed by atoms with E-state index < -0.39 is 11.4 Å². The predicted molar refractivity (Wildman–Crippen MR) is 131 cm³/mol. The van der Waals surface area contributed by atoms with Crippen molar-refractivity contribution in [2.24, 2.45) is 0 Å². The Kier molecular flexibility index (Phi) is 7.02. The number of carbonyl (C=O) groups is 1. The summed E-state index contributed by atoms with van der Waals surface area (Å²) < 4.78 is 0. The first-order valence-electron chi connectivity index (χ1n) is 11.2. The van der Waals surface area contributed by atoms with Gasteiger partial charge in [0.1, 0.15) is 5.82 Å².